The number of hydrogen-bond donors (Lipinski definition) is 0. The molecule has 12 heavy (non-hydrogen) atoms. The van der Waals surface area contributed by atoms with Crippen molar-refractivity contribution in [1.29, 1.82) is 0 Å². The van der Waals surface area contributed by atoms with E-state index in [4.69, 9.17) is 0 Å². The van der Waals surface area contributed by atoms with Crippen molar-refractivity contribution < 1.29 is 4.79 Å². The maximum absolute atomic E-state index is 10.1. The predicted molar refractivity (Wildman–Crippen MR) is 48.9 cm³/mol. The third kappa shape index (κ3) is 2.34. The van der Waals surface area contributed by atoms with Crippen molar-refractivity contribution in [2.75, 3.05) is 27.2 Å². The summed E-state index contributed by atoms with van der Waals surface area (Å²) in [7, 11) is 4.19. The lowest BCUT2D eigenvalue weighted by molar-refractivity contribution is -0.104. The first-order chi connectivity index (χ1) is 5.74. The van der Waals surface area contributed by atoms with Crippen molar-refractivity contribution in [2.45, 2.75) is 12.5 Å². The number of carbonyl (C=O) groups excluding carboxylic acids is 1. The van der Waals surface area contributed by atoms with Crippen LogP contribution < -0.4 is 0 Å². The van der Waals surface area contributed by atoms with Gasteiger partial charge in [0.1, 0.15) is 6.29 Å². The summed E-state index contributed by atoms with van der Waals surface area (Å²) in [6.07, 6.45) is 5.44. The molecule has 0 amide bonds. The lowest BCUT2D eigenvalue weighted by Crippen LogP contribution is -2.29. The van der Waals surface area contributed by atoms with Crippen molar-refractivity contribution in [3.63, 3.8) is 0 Å². The molecule has 1 aliphatic heterocycles. The number of likely N-dealkylation sites (tertiary alicyclic amines) is 1. The van der Waals surface area contributed by atoms with Crippen molar-refractivity contribution in [3.05, 3.63) is 12.3 Å². The quantitative estimate of drug-likeness (QED) is 0.448. The van der Waals surface area contributed by atoms with Gasteiger partial charge in [0.15, 0.2) is 0 Å². The van der Waals surface area contributed by atoms with E-state index in [1.165, 1.54) is 6.42 Å². The average Bonchev–Trinajstić information content (AvgIpc) is 2.48. The molecule has 1 aliphatic rings. The minimum Gasteiger partial charge on any atom is -0.376 e. The normalized spacial score (nSPS) is 24.2. The zero-order chi connectivity index (χ0) is 8.97. The number of allylic oxidation sites excluding steroid dienone is 1. The Labute approximate surface area is 73.6 Å². The molecule has 1 fully saturated rings. The number of hydrogen-bond acceptors (Lipinski definition) is 3. The maximum Gasteiger partial charge on any atom is 0.144 e. The van der Waals surface area contributed by atoms with E-state index in [9.17, 15) is 4.79 Å². The molecule has 1 unspecified atom stereocenters. The third-order valence-corrected chi connectivity index (χ3v) is 2.30. The SMILES string of the molecule is CN(C)C1CCN(/C=C/C=O)C1. The van der Waals surface area contributed by atoms with Crippen molar-refractivity contribution in [1.82, 2.24) is 9.80 Å². The molecule has 1 heterocycles. The van der Waals surface area contributed by atoms with Gasteiger partial charge >= 0.3 is 0 Å². The molecule has 3 nitrogen and oxygen atoms in total. The topological polar surface area (TPSA) is 23.6 Å². The van der Waals surface area contributed by atoms with Crippen LogP contribution in [0.2, 0.25) is 0 Å². The van der Waals surface area contributed by atoms with Gasteiger partial charge in [-0.2, -0.15) is 0 Å². The zero-order valence-corrected chi connectivity index (χ0v) is 7.73. The highest BCUT2D eigenvalue weighted by molar-refractivity contribution is 5.64. The second-order valence-electron chi connectivity index (χ2n) is 3.38. The van der Waals surface area contributed by atoms with Crippen molar-refractivity contribution in [2.24, 2.45) is 0 Å². The van der Waals surface area contributed by atoms with E-state index in [2.05, 4.69) is 23.9 Å². The Morgan fingerprint density at radius 1 is 1.50 bits per heavy atom. The molecular formula is C9H16N2O. The minimum absolute atomic E-state index is 0.640. The molecule has 0 aromatic rings. The molecule has 68 valence electrons. The smallest absolute Gasteiger partial charge is 0.144 e. The molecule has 1 saturated heterocycles. The molecule has 0 spiro atoms. The Hall–Kier alpha value is -0.830. The molecule has 0 aliphatic carbocycles. The molecule has 0 N–H and O–H groups in total. The van der Waals surface area contributed by atoms with Crippen LogP contribution in [-0.4, -0.2) is 49.3 Å². The molecule has 1 rings (SSSR count). The monoisotopic (exact) mass is 168 g/mol. The van der Waals surface area contributed by atoms with Gasteiger partial charge in [-0.3, -0.25) is 4.79 Å². The highest BCUT2D eigenvalue weighted by Crippen LogP contribution is 2.12. The van der Waals surface area contributed by atoms with Gasteiger partial charge in [0, 0.05) is 25.3 Å². The lowest BCUT2D eigenvalue weighted by Gasteiger charge is -2.18. The summed E-state index contributed by atoms with van der Waals surface area (Å²) >= 11 is 0. The molecule has 0 saturated carbocycles. The summed E-state index contributed by atoms with van der Waals surface area (Å²) in [6.45, 7) is 2.10. The van der Waals surface area contributed by atoms with Crippen LogP contribution in [0.1, 0.15) is 6.42 Å². The first-order valence-corrected chi connectivity index (χ1v) is 4.26. The number of carbonyl (C=O) groups is 1. The van der Waals surface area contributed by atoms with Crippen LogP contribution in [0.15, 0.2) is 12.3 Å². The van der Waals surface area contributed by atoms with Crippen LogP contribution in [0, 0.1) is 0 Å². The maximum atomic E-state index is 10.1. The second-order valence-corrected chi connectivity index (χ2v) is 3.38. The fourth-order valence-electron chi connectivity index (χ4n) is 1.48. The van der Waals surface area contributed by atoms with E-state index in [1.54, 1.807) is 6.08 Å². The first-order valence-electron chi connectivity index (χ1n) is 4.26. The van der Waals surface area contributed by atoms with E-state index >= 15 is 0 Å². The number of likely N-dealkylation sites (N-methyl/N-ethyl adjacent to an activating group) is 1. The van der Waals surface area contributed by atoms with Gasteiger partial charge in [0.2, 0.25) is 0 Å². The van der Waals surface area contributed by atoms with Crippen LogP contribution in [-0.2, 0) is 4.79 Å². The van der Waals surface area contributed by atoms with Crippen LogP contribution in [0.25, 0.3) is 0 Å². The standard InChI is InChI=1S/C9H16N2O/c1-10(2)9-4-6-11(8-9)5-3-7-12/h3,5,7,9H,4,6,8H2,1-2H3/b5-3+. The summed E-state index contributed by atoms with van der Waals surface area (Å²) in [4.78, 5) is 14.5. The predicted octanol–water partition coefficient (Wildman–Crippen LogP) is 0.335. The van der Waals surface area contributed by atoms with Gasteiger partial charge in [-0.05, 0) is 26.6 Å². The van der Waals surface area contributed by atoms with Gasteiger partial charge in [-0.1, -0.05) is 0 Å². The van der Waals surface area contributed by atoms with Crippen LogP contribution >= 0.6 is 0 Å². The van der Waals surface area contributed by atoms with Crippen LogP contribution in [0.3, 0.4) is 0 Å². The van der Waals surface area contributed by atoms with Crippen LogP contribution in [0.5, 0.6) is 0 Å². The summed E-state index contributed by atoms with van der Waals surface area (Å²) in [5, 5.41) is 0. The summed E-state index contributed by atoms with van der Waals surface area (Å²) in [6, 6.07) is 0.640. The largest absolute Gasteiger partial charge is 0.376 e. The lowest BCUT2D eigenvalue weighted by atomic mass is 10.2. The Morgan fingerprint density at radius 3 is 2.75 bits per heavy atom. The van der Waals surface area contributed by atoms with Gasteiger partial charge in [-0.25, -0.2) is 0 Å². The molecular weight excluding hydrogens is 152 g/mol. The number of aldehydes is 1. The molecule has 0 aromatic heterocycles. The fourth-order valence-corrected chi connectivity index (χ4v) is 1.48. The molecule has 0 aromatic carbocycles. The van der Waals surface area contributed by atoms with E-state index in [0.717, 1.165) is 19.4 Å². The number of rotatable bonds is 3. The molecule has 3 heteroatoms. The van der Waals surface area contributed by atoms with E-state index in [1.807, 2.05) is 6.20 Å². The summed E-state index contributed by atoms with van der Waals surface area (Å²) < 4.78 is 0. The second kappa shape index (κ2) is 4.26. The van der Waals surface area contributed by atoms with Crippen molar-refractivity contribution >= 4 is 6.29 Å². The Bertz CT molecular complexity index is 177. The van der Waals surface area contributed by atoms with E-state index in [0.29, 0.717) is 6.04 Å². The molecule has 0 radical (unpaired) electrons. The Balaban J connectivity index is 2.35. The Morgan fingerprint density at radius 2 is 2.25 bits per heavy atom. The number of nitrogens with zero attached hydrogens (tertiary/aromatic N) is 2. The third-order valence-electron chi connectivity index (χ3n) is 2.30. The first kappa shape index (κ1) is 9.26. The van der Waals surface area contributed by atoms with Crippen LogP contribution in [0.4, 0.5) is 0 Å². The van der Waals surface area contributed by atoms with Gasteiger partial charge in [0.05, 0.1) is 0 Å². The van der Waals surface area contributed by atoms with E-state index < -0.39 is 0 Å². The van der Waals surface area contributed by atoms with Crippen molar-refractivity contribution in [3.8, 4) is 0 Å². The highest BCUT2D eigenvalue weighted by Gasteiger charge is 2.21. The summed E-state index contributed by atoms with van der Waals surface area (Å²) in [5.41, 5.74) is 0. The van der Waals surface area contributed by atoms with Gasteiger partial charge in [-0.15, -0.1) is 0 Å². The fraction of sp³-hybridized carbons (Fsp3) is 0.667. The molecule has 1 atom stereocenters. The zero-order valence-electron chi connectivity index (χ0n) is 7.73. The average molecular weight is 168 g/mol. The van der Waals surface area contributed by atoms with E-state index in [-0.39, 0.29) is 0 Å². The summed E-state index contributed by atoms with van der Waals surface area (Å²) in [5.74, 6) is 0. The minimum atomic E-state index is 0.640. The Kier molecular flexibility index (Phi) is 3.29. The van der Waals surface area contributed by atoms with Gasteiger partial charge < -0.3 is 9.80 Å². The highest BCUT2D eigenvalue weighted by atomic mass is 16.1. The van der Waals surface area contributed by atoms with Gasteiger partial charge in [0.25, 0.3) is 0 Å². The molecule has 0 bridgehead atoms.